The van der Waals surface area contributed by atoms with Crippen LogP contribution in [0.4, 0.5) is 13.6 Å². The van der Waals surface area contributed by atoms with E-state index in [0.717, 1.165) is 5.56 Å². The van der Waals surface area contributed by atoms with E-state index in [1.165, 1.54) is 12.1 Å². The molecule has 1 fully saturated rings. The van der Waals surface area contributed by atoms with Gasteiger partial charge < -0.3 is 23.8 Å². The number of likely N-dealkylation sites (tertiary alicyclic amines) is 1. The van der Waals surface area contributed by atoms with Gasteiger partial charge in [0, 0.05) is 41.8 Å². The zero-order chi connectivity index (χ0) is 29.8. The molecule has 0 spiro atoms. The average molecular weight is 595 g/mol. The van der Waals surface area contributed by atoms with E-state index in [1.54, 1.807) is 25.7 Å². The van der Waals surface area contributed by atoms with Gasteiger partial charge in [-0.15, -0.1) is 0 Å². The van der Waals surface area contributed by atoms with Gasteiger partial charge in [0.2, 0.25) is 0 Å². The van der Waals surface area contributed by atoms with Crippen molar-refractivity contribution in [1.82, 2.24) is 4.90 Å². The second kappa shape index (κ2) is 10.4. The number of fused-ring (bicyclic) bond motifs is 2. The molecule has 2 atom stereocenters. The second-order valence-corrected chi connectivity index (χ2v) is 12.0. The standard InChI is InChI=1S/C32H29ClF2N2O5/c1-31(2,3)42-30(38)37-11-7-10-24(37)32(19-8-5-4-6-9-19)16-20-22(41-32)15-21(34)27(33)26(20)25-18(17-36)14-23-29(28(25)35)40-13-12-39-23/h4-6,8-9,14-15,24H,7,10-13,16H2,1-3H3/t24-,32-/m0/s1. The molecule has 0 bridgehead atoms. The Kier molecular flexibility index (Phi) is 6.93. The number of nitriles is 1. The number of hydrogen-bond donors (Lipinski definition) is 0. The summed E-state index contributed by atoms with van der Waals surface area (Å²) in [5.41, 5.74) is -0.958. The molecule has 0 unspecified atom stereocenters. The molecule has 42 heavy (non-hydrogen) atoms. The number of amides is 1. The normalized spacial score (nSPS) is 21.0. The van der Waals surface area contributed by atoms with E-state index < -0.39 is 35.0 Å². The van der Waals surface area contributed by atoms with E-state index in [9.17, 15) is 10.1 Å². The summed E-state index contributed by atoms with van der Waals surface area (Å²) in [6.45, 7) is 6.18. The fourth-order valence-electron chi connectivity index (χ4n) is 6.19. The number of carbonyl (C=O) groups is 1. The van der Waals surface area contributed by atoms with Gasteiger partial charge in [-0.3, -0.25) is 0 Å². The van der Waals surface area contributed by atoms with Gasteiger partial charge in [-0.2, -0.15) is 5.26 Å². The average Bonchev–Trinajstić information content (AvgIpc) is 3.60. The third-order valence-corrected chi connectivity index (χ3v) is 8.21. The van der Waals surface area contributed by atoms with E-state index in [2.05, 4.69) is 0 Å². The van der Waals surface area contributed by atoms with Gasteiger partial charge in [-0.25, -0.2) is 13.6 Å². The van der Waals surface area contributed by atoms with E-state index in [0.29, 0.717) is 24.9 Å². The van der Waals surface area contributed by atoms with Crippen molar-refractivity contribution >= 4 is 17.7 Å². The Bertz CT molecular complexity index is 1620. The van der Waals surface area contributed by atoms with Crippen molar-refractivity contribution in [2.75, 3.05) is 19.8 Å². The zero-order valence-corrected chi connectivity index (χ0v) is 24.2. The lowest BCUT2D eigenvalue weighted by atomic mass is 9.79. The van der Waals surface area contributed by atoms with Crippen molar-refractivity contribution in [3.8, 4) is 34.4 Å². The van der Waals surface area contributed by atoms with Gasteiger partial charge in [-0.05, 0) is 39.2 Å². The summed E-state index contributed by atoms with van der Waals surface area (Å²) < 4.78 is 55.1. The van der Waals surface area contributed by atoms with E-state index >= 15 is 8.78 Å². The molecule has 3 aliphatic rings. The predicted octanol–water partition coefficient (Wildman–Crippen LogP) is 7.16. The fraction of sp³-hybridized carbons (Fsp3) is 0.375. The molecule has 7 nitrogen and oxygen atoms in total. The summed E-state index contributed by atoms with van der Waals surface area (Å²) in [6.07, 6.45) is 0.948. The number of halogens is 3. The minimum atomic E-state index is -1.17. The maximum Gasteiger partial charge on any atom is 0.410 e. The van der Waals surface area contributed by atoms with Crippen molar-refractivity contribution in [3.05, 3.63) is 75.8 Å². The Morgan fingerprint density at radius 1 is 1.12 bits per heavy atom. The Balaban J connectivity index is 1.54. The molecule has 3 aromatic rings. The first-order chi connectivity index (χ1) is 20.0. The molecule has 0 N–H and O–H groups in total. The van der Waals surface area contributed by atoms with Crippen LogP contribution in [0.5, 0.6) is 17.2 Å². The third-order valence-electron chi connectivity index (χ3n) is 7.84. The maximum atomic E-state index is 16.2. The van der Waals surface area contributed by atoms with E-state index in [1.807, 2.05) is 36.4 Å². The molecule has 3 heterocycles. The number of rotatable bonds is 3. The van der Waals surface area contributed by atoms with Crippen LogP contribution in [-0.4, -0.2) is 42.4 Å². The lowest BCUT2D eigenvalue weighted by Gasteiger charge is -2.40. The molecule has 10 heteroatoms. The van der Waals surface area contributed by atoms with Gasteiger partial charge in [0.15, 0.2) is 22.9 Å². The van der Waals surface area contributed by atoms with Crippen molar-refractivity contribution in [3.63, 3.8) is 0 Å². The van der Waals surface area contributed by atoms with Gasteiger partial charge in [0.05, 0.1) is 16.6 Å². The van der Waals surface area contributed by atoms with E-state index in [4.69, 9.17) is 30.5 Å². The maximum absolute atomic E-state index is 16.2. The van der Waals surface area contributed by atoms with Crippen molar-refractivity contribution < 1.29 is 32.5 Å². The summed E-state index contributed by atoms with van der Waals surface area (Å²) in [5.74, 6) is -1.61. The predicted molar refractivity (Wildman–Crippen MR) is 151 cm³/mol. The topological polar surface area (TPSA) is 81.0 Å². The molecular weight excluding hydrogens is 566 g/mol. The van der Waals surface area contributed by atoms with Crippen LogP contribution >= 0.6 is 11.6 Å². The molecule has 3 aromatic carbocycles. The monoisotopic (exact) mass is 594 g/mol. The van der Waals surface area contributed by atoms with Crippen LogP contribution in [0.1, 0.15) is 50.3 Å². The molecule has 1 amide bonds. The number of hydrogen-bond acceptors (Lipinski definition) is 6. The summed E-state index contributed by atoms with van der Waals surface area (Å²) in [5, 5.41) is 9.67. The molecule has 0 saturated carbocycles. The summed E-state index contributed by atoms with van der Waals surface area (Å²) in [4.78, 5) is 15.1. The fourth-order valence-corrected chi connectivity index (χ4v) is 6.45. The van der Waals surface area contributed by atoms with Gasteiger partial charge in [0.1, 0.15) is 36.5 Å². The first kappa shape index (κ1) is 28.1. The minimum absolute atomic E-state index is 0.0114. The Morgan fingerprint density at radius 3 is 2.57 bits per heavy atom. The van der Waals surface area contributed by atoms with Crippen LogP contribution in [0.3, 0.4) is 0 Å². The van der Waals surface area contributed by atoms with Gasteiger partial charge in [0.25, 0.3) is 0 Å². The van der Waals surface area contributed by atoms with E-state index in [-0.39, 0.29) is 58.6 Å². The molecule has 218 valence electrons. The van der Waals surface area contributed by atoms with Crippen LogP contribution in [0.2, 0.25) is 5.02 Å². The third kappa shape index (κ3) is 4.58. The van der Waals surface area contributed by atoms with Crippen molar-refractivity contribution in [2.24, 2.45) is 0 Å². The Hall–Kier alpha value is -4.03. The Labute approximate surface area is 247 Å². The number of benzene rings is 3. The molecule has 0 aromatic heterocycles. The summed E-state index contributed by atoms with van der Waals surface area (Å²) in [7, 11) is 0. The highest BCUT2D eigenvalue weighted by Gasteiger charge is 2.54. The lowest BCUT2D eigenvalue weighted by molar-refractivity contribution is -0.0216. The second-order valence-electron chi connectivity index (χ2n) is 11.6. The van der Waals surface area contributed by atoms with Crippen LogP contribution in [-0.2, 0) is 16.8 Å². The number of ether oxygens (including phenoxy) is 4. The molecule has 3 aliphatic heterocycles. The first-order valence-electron chi connectivity index (χ1n) is 13.8. The molecular formula is C32H29ClF2N2O5. The van der Waals surface area contributed by atoms with Crippen LogP contribution in [0.15, 0.2) is 42.5 Å². The SMILES string of the molecule is CC(C)(C)OC(=O)N1CCC[C@H]1[C@@]1(c2ccccc2)Cc2c(cc(F)c(Cl)c2-c2c(C#N)cc3c(c2F)OCCO3)O1. The van der Waals surface area contributed by atoms with Gasteiger partial charge >= 0.3 is 6.09 Å². The largest absolute Gasteiger partial charge is 0.486 e. The van der Waals surface area contributed by atoms with Crippen molar-refractivity contribution in [2.45, 2.75) is 57.3 Å². The summed E-state index contributed by atoms with van der Waals surface area (Å²) >= 11 is 6.58. The molecule has 6 rings (SSSR count). The molecule has 0 aliphatic carbocycles. The van der Waals surface area contributed by atoms with Gasteiger partial charge in [-0.1, -0.05) is 41.9 Å². The first-order valence-corrected chi connectivity index (χ1v) is 14.2. The Morgan fingerprint density at radius 2 is 1.86 bits per heavy atom. The highest BCUT2D eigenvalue weighted by molar-refractivity contribution is 6.34. The zero-order valence-electron chi connectivity index (χ0n) is 23.4. The van der Waals surface area contributed by atoms with Crippen LogP contribution in [0, 0.1) is 23.0 Å². The number of carbonyl (C=O) groups excluding carboxylic acids is 1. The smallest absolute Gasteiger partial charge is 0.410 e. The molecule has 0 radical (unpaired) electrons. The van der Waals surface area contributed by atoms with Crippen molar-refractivity contribution in [1.29, 1.82) is 5.26 Å². The highest BCUT2D eigenvalue weighted by Crippen LogP contribution is 2.54. The minimum Gasteiger partial charge on any atom is -0.486 e. The molecule has 1 saturated heterocycles. The highest BCUT2D eigenvalue weighted by atomic mass is 35.5. The number of nitrogens with zero attached hydrogens (tertiary/aromatic N) is 2. The van der Waals surface area contributed by atoms with Crippen LogP contribution in [0.25, 0.3) is 11.1 Å². The summed E-state index contributed by atoms with van der Waals surface area (Å²) in [6, 6.07) is 13.4. The quantitative estimate of drug-likeness (QED) is 0.320. The lowest BCUT2D eigenvalue weighted by Crippen LogP contribution is -2.53. The van der Waals surface area contributed by atoms with Crippen LogP contribution < -0.4 is 14.2 Å².